The molecule has 0 fully saturated rings. The van der Waals surface area contributed by atoms with Crippen LogP contribution in [0.25, 0.3) is 6.08 Å². The lowest BCUT2D eigenvalue weighted by atomic mass is 10.1. The maximum Gasteiger partial charge on any atom is 0.347 e. The summed E-state index contributed by atoms with van der Waals surface area (Å²) in [5.74, 6) is -1.50. The molecular weight excluding hydrogens is 387 g/mol. The number of allylic oxidation sites excluding steroid dienone is 1. The zero-order valence-electron chi connectivity index (χ0n) is 16.0. The van der Waals surface area contributed by atoms with E-state index in [1.165, 1.54) is 61.5 Å². The molecule has 3 aromatic rings. The fourth-order valence-corrected chi connectivity index (χ4v) is 2.57. The van der Waals surface area contributed by atoms with Gasteiger partial charge in [0.2, 0.25) is 0 Å². The number of carbonyl (C=O) groups excluding carboxylic acids is 3. The molecule has 0 saturated heterocycles. The van der Waals surface area contributed by atoms with Crippen LogP contribution in [0.3, 0.4) is 0 Å². The average Bonchev–Trinajstić information content (AvgIpc) is 2.73. The number of halogens is 1. The van der Waals surface area contributed by atoms with Crippen LogP contribution >= 0.6 is 0 Å². The maximum absolute atomic E-state index is 12.9. The molecule has 0 bridgehead atoms. The lowest BCUT2D eigenvalue weighted by Gasteiger charge is -2.09. The van der Waals surface area contributed by atoms with Crippen LogP contribution in [0.2, 0.25) is 0 Å². The Labute approximate surface area is 172 Å². The van der Waals surface area contributed by atoms with E-state index < -0.39 is 11.9 Å². The van der Waals surface area contributed by atoms with E-state index in [1.807, 2.05) is 0 Å². The van der Waals surface area contributed by atoms with Crippen molar-refractivity contribution in [2.24, 2.45) is 0 Å². The molecule has 0 radical (unpaired) electrons. The molecule has 0 amide bonds. The lowest BCUT2D eigenvalue weighted by molar-refractivity contribution is -0.131. The number of para-hydroxylation sites is 1. The van der Waals surface area contributed by atoms with Gasteiger partial charge in [0.25, 0.3) is 0 Å². The number of hydrogen-bond donors (Lipinski definition) is 0. The Morgan fingerprint density at radius 1 is 0.833 bits per heavy atom. The van der Waals surface area contributed by atoms with E-state index in [2.05, 4.69) is 0 Å². The van der Waals surface area contributed by atoms with Crippen molar-refractivity contribution in [1.82, 2.24) is 0 Å². The van der Waals surface area contributed by atoms with Gasteiger partial charge >= 0.3 is 11.9 Å². The van der Waals surface area contributed by atoms with Crippen LogP contribution in [0.5, 0.6) is 11.5 Å². The van der Waals surface area contributed by atoms with Crippen LogP contribution in [0.15, 0.2) is 78.9 Å². The summed E-state index contributed by atoms with van der Waals surface area (Å²) in [6.45, 7) is 1.24. The van der Waals surface area contributed by atoms with E-state index in [4.69, 9.17) is 9.47 Å². The van der Waals surface area contributed by atoms with E-state index in [-0.39, 0.29) is 28.7 Å². The van der Waals surface area contributed by atoms with Crippen molar-refractivity contribution in [3.05, 3.63) is 101 Å². The molecule has 0 spiro atoms. The molecule has 5 nitrogen and oxygen atoms in total. The predicted molar refractivity (Wildman–Crippen MR) is 109 cm³/mol. The van der Waals surface area contributed by atoms with E-state index in [0.29, 0.717) is 11.1 Å². The fraction of sp³-hybridized carbons (Fsp3) is 0.0417. The van der Waals surface area contributed by atoms with E-state index in [9.17, 15) is 18.8 Å². The monoisotopic (exact) mass is 404 g/mol. The molecule has 0 unspecified atom stereocenters. The maximum atomic E-state index is 12.9. The Morgan fingerprint density at radius 3 is 2.17 bits per heavy atom. The molecule has 3 rings (SSSR count). The third kappa shape index (κ3) is 5.48. The van der Waals surface area contributed by atoms with Gasteiger partial charge in [0.05, 0.1) is 0 Å². The molecule has 3 aromatic carbocycles. The van der Waals surface area contributed by atoms with Crippen molar-refractivity contribution in [2.75, 3.05) is 0 Å². The second kappa shape index (κ2) is 9.43. The van der Waals surface area contributed by atoms with Crippen molar-refractivity contribution < 1.29 is 28.2 Å². The summed E-state index contributed by atoms with van der Waals surface area (Å²) in [4.78, 5) is 35.8. The standard InChI is InChI=1S/C24H17FO5/c1-16(26)29-23-5-3-2-4-21(23)24(28)30-20-13-9-18(10-14-20)22(27)15-8-17-6-11-19(25)12-7-17/h2-15H,1H3/b15-8+. The first-order valence-corrected chi connectivity index (χ1v) is 9.00. The van der Waals surface area contributed by atoms with Crippen LogP contribution in [0.1, 0.15) is 33.2 Å². The minimum Gasteiger partial charge on any atom is -0.426 e. The topological polar surface area (TPSA) is 69.7 Å². The first-order valence-electron chi connectivity index (χ1n) is 9.00. The second-order valence-electron chi connectivity index (χ2n) is 6.25. The Balaban J connectivity index is 1.67. The van der Waals surface area contributed by atoms with Crippen molar-refractivity contribution in [3.63, 3.8) is 0 Å². The van der Waals surface area contributed by atoms with Crippen molar-refractivity contribution in [2.45, 2.75) is 6.92 Å². The van der Waals surface area contributed by atoms with E-state index in [1.54, 1.807) is 30.3 Å². The summed E-state index contributed by atoms with van der Waals surface area (Å²) in [5, 5.41) is 0. The SMILES string of the molecule is CC(=O)Oc1ccccc1C(=O)Oc1ccc(C(=O)/C=C/c2ccc(F)cc2)cc1. The summed E-state index contributed by atoms with van der Waals surface area (Å²) in [7, 11) is 0. The van der Waals surface area contributed by atoms with Crippen LogP contribution in [-0.2, 0) is 4.79 Å². The third-order valence-electron chi connectivity index (χ3n) is 4.01. The molecule has 0 aliphatic rings. The van der Waals surface area contributed by atoms with Crippen LogP contribution < -0.4 is 9.47 Å². The highest BCUT2D eigenvalue weighted by molar-refractivity contribution is 6.06. The van der Waals surface area contributed by atoms with Gasteiger partial charge in [-0.15, -0.1) is 0 Å². The first kappa shape index (κ1) is 20.7. The van der Waals surface area contributed by atoms with Crippen molar-refractivity contribution >= 4 is 23.8 Å². The minimum atomic E-state index is -0.692. The average molecular weight is 404 g/mol. The Morgan fingerprint density at radius 2 is 1.50 bits per heavy atom. The fourth-order valence-electron chi connectivity index (χ4n) is 2.57. The highest BCUT2D eigenvalue weighted by Gasteiger charge is 2.16. The molecule has 0 aliphatic carbocycles. The summed E-state index contributed by atoms with van der Waals surface area (Å²) in [6, 6.07) is 18.0. The highest BCUT2D eigenvalue weighted by Crippen LogP contribution is 2.21. The van der Waals surface area contributed by atoms with E-state index in [0.717, 1.165) is 0 Å². The first-order chi connectivity index (χ1) is 14.4. The molecule has 0 heterocycles. The molecule has 6 heteroatoms. The number of ether oxygens (including phenoxy) is 2. The number of benzene rings is 3. The lowest BCUT2D eigenvalue weighted by Crippen LogP contribution is -2.12. The zero-order chi connectivity index (χ0) is 21.5. The number of carbonyl (C=O) groups is 3. The molecule has 0 saturated carbocycles. The van der Waals surface area contributed by atoms with Gasteiger partial charge in [0, 0.05) is 12.5 Å². The number of ketones is 1. The molecule has 0 atom stereocenters. The van der Waals surface area contributed by atoms with Gasteiger partial charge < -0.3 is 9.47 Å². The van der Waals surface area contributed by atoms with Crippen molar-refractivity contribution in [1.29, 1.82) is 0 Å². The third-order valence-corrected chi connectivity index (χ3v) is 4.01. The quantitative estimate of drug-likeness (QED) is 0.254. The molecule has 150 valence electrons. The smallest absolute Gasteiger partial charge is 0.347 e. The van der Waals surface area contributed by atoms with Gasteiger partial charge in [-0.2, -0.15) is 0 Å². The molecule has 0 aliphatic heterocycles. The summed E-state index contributed by atoms with van der Waals surface area (Å²) < 4.78 is 23.2. The number of rotatable bonds is 6. The van der Waals surface area contributed by atoms with Gasteiger partial charge in [-0.05, 0) is 60.2 Å². The van der Waals surface area contributed by atoms with Gasteiger partial charge in [-0.3, -0.25) is 9.59 Å². The molecule has 0 aromatic heterocycles. The van der Waals surface area contributed by atoms with Crippen LogP contribution in [0.4, 0.5) is 4.39 Å². The molecular formula is C24H17FO5. The van der Waals surface area contributed by atoms with Gasteiger partial charge in [0.15, 0.2) is 5.78 Å². The number of hydrogen-bond acceptors (Lipinski definition) is 5. The predicted octanol–water partition coefficient (Wildman–Crippen LogP) is 4.87. The van der Waals surface area contributed by atoms with E-state index >= 15 is 0 Å². The van der Waals surface area contributed by atoms with Gasteiger partial charge in [-0.25, -0.2) is 9.18 Å². The van der Waals surface area contributed by atoms with Crippen LogP contribution in [0, 0.1) is 5.82 Å². The normalized spacial score (nSPS) is 10.6. The van der Waals surface area contributed by atoms with Crippen LogP contribution in [-0.4, -0.2) is 17.7 Å². The largest absolute Gasteiger partial charge is 0.426 e. The Hall–Kier alpha value is -4.06. The summed E-state index contributed by atoms with van der Waals surface area (Å²) in [5.41, 5.74) is 1.20. The zero-order valence-corrected chi connectivity index (χ0v) is 16.0. The molecule has 0 N–H and O–H groups in total. The van der Waals surface area contributed by atoms with Crippen molar-refractivity contribution in [3.8, 4) is 11.5 Å². The summed E-state index contributed by atoms with van der Waals surface area (Å²) >= 11 is 0. The minimum absolute atomic E-state index is 0.104. The highest BCUT2D eigenvalue weighted by atomic mass is 19.1. The molecule has 30 heavy (non-hydrogen) atoms. The van der Waals surface area contributed by atoms with Gasteiger partial charge in [0.1, 0.15) is 22.9 Å². The number of esters is 2. The Kier molecular flexibility index (Phi) is 6.49. The summed E-state index contributed by atoms with van der Waals surface area (Å²) in [6.07, 6.45) is 2.96. The Bertz CT molecular complexity index is 1100. The second-order valence-corrected chi connectivity index (χ2v) is 6.25. The van der Waals surface area contributed by atoms with Gasteiger partial charge in [-0.1, -0.05) is 30.3 Å².